The molecule has 2 amide bonds. The third-order valence-electron chi connectivity index (χ3n) is 3.30. The number of aromatic nitrogens is 2. The molecule has 1 aromatic heterocycles. The van der Waals surface area contributed by atoms with Crippen molar-refractivity contribution in [2.75, 3.05) is 11.4 Å². The average molecular weight is 384 g/mol. The summed E-state index contributed by atoms with van der Waals surface area (Å²) in [7, 11) is 0. The number of anilines is 1. The van der Waals surface area contributed by atoms with Gasteiger partial charge < -0.3 is 14.7 Å². The van der Waals surface area contributed by atoms with E-state index in [9.17, 15) is 22.8 Å². The van der Waals surface area contributed by atoms with Gasteiger partial charge in [0.05, 0.1) is 0 Å². The molecule has 10 heteroatoms. The molecular weight excluding hydrogens is 365 g/mol. The third kappa shape index (κ3) is 5.53. The van der Waals surface area contributed by atoms with Gasteiger partial charge in [-0.25, -0.2) is 0 Å². The molecule has 1 heterocycles. The van der Waals surface area contributed by atoms with Crippen molar-refractivity contribution in [3.05, 3.63) is 30.2 Å². The summed E-state index contributed by atoms with van der Waals surface area (Å²) in [6.07, 6.45) is -4.73. The van der Waals surface area contributed by atoms with E-state index in [1.807, 2.05) is 20.8 Å². The summed E-state index contributed by atoms with van der Waals surface area (Å²) >= 11 is 0. The number of carbonyl (C=O) groups is 2. The van der Waals surface area contributed by atoms with Gasteiger partial charge in [0.2, 0.25) is 17.6 Å². The Morgan fingerprint density at radius 1 is 1.15 bits per heavy atom. The van der Waals surface area contributed by atoms with E-state index in [1.165, 1.54) is 36.1 Å². The summed E-state index contributed by atoms with van der Waals surface area (Å²) < 4.78 is 41.8. The topological polar surface area (TPSA) is 88.3 Å². The lowest BCUT2D eigenvalue weighted by Gasteiger charge is -2.25. The molecule has 146 valence electrons. The fourth-order valence-electron chi connectivity index (χ4n) is 2.23. The Morgan fingerprint density at radius 3 is 2.19 bits per heavy atom. The summed E-state index contributed by atoms with van der Waals surface area (Å²) in [6, 6.07) is 5.87. The summed E-state index contributed by atoms with van der Waals surface area (Å²) in [5.41, 5.74) is 0.244. The SMILES string of the molecule is CC(=O)N(CC(=O)NC(C)(C)C)c1ccc(-c2noc(C(F)(F)F)n2)cc1. The number of nitrogens with one attached hydrogen (secondary N) is 1. The Morgan fingerprint density at radius 2 is 1.74 bits per heavy atom. The largest absolute Gasteiger partial charge is 0.471 e. The van der Waals surface area contributed by atoms with Crippen molar-refractivity contribution < 1.29 is 27.3 Å². The number of nitrogens with zero attached hydrogens (tertiary/aromatic N) is 3. The molecule has 0 saturated carbocycles. The van der Waals surface area contributed by atoms with Crippen LogP contribution in [0.15, 0.2) is 28.8 Å². The predicted molar refractivity (Wildman–Crippen MR) is 90.7 cm³/mol. The van der Waals surface area contributed by atoms with Crippen LogP contribution in [-0.2, 0) is 15.8 Å². The molecule has 0 unspecified atom stereocenters. The Labute approximate surface area is 153 Å². The first-order chi connectivity index (χ1) is 12.4. The fourth-order valence-corrected chi connectivity index (χ4v) is 2.23. The van der Waals surface area contributed by atoms with Gasteiger partial charge in [0, 0.05) is 23.7 Å². The predicted octanol–water partition coefficient (Wildman–Crippen LogP) is 3.02. The molecule has 0 bridgehead atoms. The first kappa shape index (κ1) is 20.4. The van der Waals surface area contributed by atoms with Crippen LogP contribution in [0.25, 0.3) is 11.4 Å². The van der Waals surface area contributed by atoms with Crippen molar-refractivity contribution in [2.45, 2.75) is 39.4 Å². The molecule has 27 heavy (non-hydrogen) atoms. The summed E-state index contributed by atoms with van der Waals surface area (Å²) in [5.74, 6) is -2.36. The minimum absolute atomic E-state index is 0.188. The van der Waals surface area contributed by atoms with E-state index in [0.717, 1.165) is 0 Å². The zero-order valence-corrected chi connectivity index (χ0v) is 15.2. The van der Waals surface area contributed by atoms with Gasteiger partial charge in [-0.1, -0.05) is 5.16 Å². The van der Waals surface area contributed by atoms with Crippen LogP contribution in [0.1, 0.15) is 33.6 Å². The third-order valence-corrected chi connectivity index (χ3v) is 3.30. The molecule has 2 aromatic rings. The Balaban J connectivity index is 2.19. The van der Waals surface area contributed by atoms with Crippen molar-refractivity contribution in [3.8, 4) is 11.4 Å². The molecule has 0 aliphatic rings. The molecule has 0 spiro atoms. The number of hydrogen-bond acceptors (Lipinski definition) is 5. The summed E-state index contributed by atoms with van der Waals surface area (Å²) in [5, 5.41) is 6.06. The lowest BCUT2D eigenvalue weighted by molar-refractivity contribution is -0.159. The molecular formula is C17H19F3N4O3. The molecule has 0 fully saturated rings. The molecule has 1 aromatic carbocycles. The molecule has 0 aliphatic heterocycles. The number of hydrogen-bond donors (Lipinski definition) is 1. The van der Waals surface area contributed by atoms with Crippen LogP contribution >= 0.6 is 0 Å². The highest BCUT2D eigenvalue weighted by molar-refractivity contribution is 5.97. The second-order valence-electron chi connectivity index (χ2n) is 6.87. The molecule has 2 rings (SSSR count). The van der Waals surface area contributed by atoms with Gasteiger partial charge in [-0.3, -0.25) is 9.59 Å². The van der Waals surface area contributed by atoms with Crippen LogP contribution in [0.3, 0.4) is 0 Å². The van der Waals surface area contributed by atoms with Gasteiger partial charge >= 0.3 is 12.1 Å². The quantitative estimate of drug-likeness (QED) is 0.875. The molecule has 0 atom stereocenters. The highest BCUT2D eigenvalue weighted by Gasteiger charge is 2.38. The molecule has 0 saturated heterocycles. The van der Waals surface area contributed by atoms with E-state index in [1.54, 1.807) is 0 Å². The van der Waals surface area contributed by atoms with Crippen molar-refractivity contribution in [1.82, 2.24) is 15.5 Å². The first-order valence-electron chi connectivity index (χ1n) is 7.97. The van der Waals surface area contributed by atoms with Crippen molar-refractivity contribution in [2.24, 2.45) is 0 Å². The van der Waals surface area contributed by atoms with E-state index >= 15 is 0 Å². The molecule has 1 N–H and O–H groups in total. The van der Waals surface area contributed by atoms with Gasteiger partial charge in [0.1, 0.15) is 6.54 Å². The summed E-state index contributed by atoms with van der Waals surface area (Å²) in [6.45, 7) is 6.58. The normalized spacial score (nSPS) is 12.0. The average Bonchev–Trinajstić information content (AvgIpc) is 3.01. The van der Waals surface area contributed by atoms with E-state index in [-0.39, 0.29) is 29.7 Å². The van der Waals surface area contributed by atoms with Crippen LogP contribution in [0.4, 0.5) is 18.9 Å². The number of alkyl halides is 3. The minimum atomic E-state index is -4.73. The van der Waals surface area contributed by atoms with Crippen LogP contribution in [0.2, 0.25) is 0 Å². The van der Waals surface area contributed by atoms with E-state index in [4.69, 9.17) is 0 Å². The van der Waals surface area contributed by atoms with Crippen molar-refractivity contribution in [1.29, 1.82) is 0 Å². The van der Waals surface area contributed by atoms with Gasteiger partial charge in [-0.15, -0.1) is 0 Å². The Kier molecular flexibility index (Phi) is 5.57. The van der Waals surface area contributed by atoms with Crippen LogP contribution in [-0.4, -0.2) is 34.0 Å². The standard InChI is InChI=1S/C17H19F3N4O3/c1-10(25)24(9-13(26)22-16(2,3)4)12-7-5-11(6-8-12)14-21-15(27-23-14)17(18,19)20/h5-8H,9H2,1-4H3,(H,22,26). The number of rotatable bonds is 4. The van der Waals surface area contributed by atoms with Gasteiger partial charge in [0.25, 0.3) is 0 Å². The lowest BCUT2D eigenvalue weighted by atomic mass is 10.1. The number of benzene rings is 1. The lowest BCUT2D eigenvalue weighted by Crippen LogP contribution is -2.47. The monoisotopic (exact) mass is 384 g/mol. The van der Waals surface area contributed by atoms with Crippen molar-refractivity contribution >= 4 is 17.5 Å². The fraction of sp³-hybridized carbons (Fsp3) is 0.412. The Bertz CT molecular complexity index is 823. The van der Waals surface area contributed by atoms with Gasteiger partial charge in [0.15, 0.2) is 0 Å². The van der Waals surface area contributed by atoms with E-state index in [0.29, 0.717) is 5.69 Å². The van der Waals surface area contributed by atoms with E-state index in [2.05, 4.69) is 20.0 Å². The van der Waals surface area contributed by atoms with Gasteiger partial charge in [-0.2, -0.15) is 18.2 Å². The zero-order valence-electron chi connectivity index (χ0n) is 15.2. The van der Waals surface area contributed by atoms with Crippen LogP contribution < -0.4 is 10.2 Å². The minimum Gasteiger partial charge on any atom is -0.350 e. The smallest absolute Gasteiger partial charge is 0.350 e. The highest BCUT2D eigenvalue weighted by atomic mass is 19.4. The van der Waals surface area contributed by atoms with Crippen molar-refractivity contribution in [3.63, 3.8) is 0 Å². The molecule has 0 aliphatic carbocycles. The number of halogens is 3. The summed E-state index contributed by atoms with van der Waals surface area (Å²) in [4.78, 5) is 28.5. The maximum Gasteiger partial charge on any atom is 0.471 e. The molecule has 0 radical (unpaired) electrons. The van der Waals surface area contributed by atoms with Gasteiger partial charge in [-0.05, 0) is 45.0 Å². The highest BCUT2D eigenvalue weighted by Crippen LogP contribution is 2.29. The second-order valence-corrected chi connectivity index (χ2v) is 6.87. The Hall–Kier alpha value is -2.91. The maximum absolute atomic E-state index is 12.5. The first-order valence-corrected chi connectivity index (χ1v) is 7.97. The van der Waals surface area contributed by atoms with Crippen LogP contribution in [0, 0.1) is 0 Å². The maximum atomic E-state index is 12.5. The zero-order chi connectivity index (χ0) is 20.4. The number of amides is 2. The van der Waals surface area contributed by atoms with E-state index < -0.39 is 17.6 Å². The number of carbonyl (C=O) groups excluding carboxylic acids is 2. The van der Waals surface area contributed by atoms with Crippen LogP contribution in [0.5, 0.6) is 0 Å². The second kappa shape index (κ2) is 7.37. The molecule has 7 nitrogen and oxygen atoms in total.